The third kappa shape index (κ3) is 30.4. The van der Waals surface area contributed by atoms with Crippen LogP contribution in [0.25, 0.3) is 0 Å². The van der Waals surface area contributed by atoms with Crippen molar-refractivity contribution < 1.29 is 33.9 Å². The summed E-state index contributed by atoms with van der Waals surface area (Å²) in [7, 11) is 0. The summed E-state index contributed by atoms with van der Waals surface area (Å²) < 4.78 is 0. The van der Waals surface area contributed by atoms with Crippen molar-refractivity contribution in [3.05, 3.63) is 24.3 Å². The van der Waals surface area contributed by atoms with Crippen LogP contribution >= 0.6 is 0 Å². The average molecular weight is 285 g/mol. The van der Waals surface area contributed by atoms with E-state index in [2.05, 4.69) is 24.3 Å². The van der Waals surface area contributed by atoms with E-state index in [0.29, 0.717) is 0 Å². The molecule has 0 aromatic rings. The van der Waals surface area contributed by atoms with Gasteiger partial charge < -0.3 is 14.4 Å². The van der Waals surface area contributed by atoms with Crippen LogP contribution in [0.15, 0.2) is 24.3 Å². The van der Waals surface area contributed by atoms with Crippen molar-refractivity contribution in [2.24, 2.45) is 0 Å². The van der Waals surface area contributed by atoms with Gasteiger partial charge >= 0.3 is 0 Å². The van der Waals surface area contributed by atoms with Crippen molar-refractivity contribution in [2.45, 2.75) is 19.3 Å². The van der Waals surface area contributed by atoms with E-state index in [1.807, 2.05) is 20.4 Å². The van der Waals surface area contributed by atoms with Gasteiger partial charge in [0.1, 0.15) is 20.4 Å². The summed E-state index contributed by atoms with van der Waals surface area (Å²) >= 11 is 0. The van der Waals surface area contributed by atoms with Gasteiger partial charge in [0.25, 0.3) is 0 Å². The first-order chi connectivity index (χ1) is 6.50. The molecule has 4 heteroatoms. The molecule has 0 aromatic carbocycles. The fourth-order valence-corrected chi connectivity index (χ4v) is 0.703. The molecule has 1 rings (SSSR count). The average Bonchev–Trinajstić information content (AvgIpc) is 2.58. The van der Waals surface area contributed by atoms with E-state index in [-0.39, 0.29) is 19.5 Å². The Labute approximate surface area is 98.0 Å². The molecule has 0 heterocycles. The fraction of sp³-hybridized carbons (Fsp3) is 0.300. The molecular weight excluding hydrogens is 269 g/mol. The van der Waals surface area contributed by atoms with E-state index in [0.717, 1.165) is 0 Å². The van der Waals surface area contributed by atoms with Crippen LogP contribution in [-0.4, -0.2) is 20.4 Å². The first-order valence-corrected chi connectivity index (χ1v) is 3.68. The predicted molar refractivity (Wildman–Crippen MR) is 53.5 cm³/mol. The van der Waals surface area contributed by atoms with Gasteiger partial charge in [0, 0.05) is 19.5 Å². The van der Waals surface area contributed by atoms with Crippen LogP contribution in [0.2, 0.25) is 0 Å². The first kappa shape index (κ1) is 23.2. The molecule has 1 aliphatic carbocycles. The Morgan fingerprint density at radius 1 is 0.714 bits per heavy atom. The Balaban J connectivity index is -0.0000000625. The van der Waals surface area contributed by atoms with E-state index in [9.17, 15) is 0 Å². The Morgan fingerprint density at radius 2 is 1.00 bits per heavy atom. The summed E-state index contributed by atoms with van der Waals surface area (Å²) in [4.78, 5) is 24.0. The van der Waals surface area contributed by atoms with Gasteiger partial charge in [-0.05, 0) is 19.3 Å². The molecule has 0 bridgehead atoms. The first-order valence-electron chi connectivity index (χ1n) is 3.68. The van der Waals surface area contributed by atoms with Crippen LogP contribution in [0.4, 0.5) is 0 Å². The number of rotatable bonds is 0. The smallest absolute Gasteiger partial charge is 0.106 e. The van der Waals surface area contributed by atoms with E-state index >= 15 is 0 Å². The number of hydrogen-bond acceptors (Lipinski definition) is 3. The minimum absolute atomic E-state index is 0. The number of carbonyl (C=O) groups is 3. The zero-order chi connectivity index (χ0) is 10.9. The second kappa shape index (κ2) is 40.0. The maximum Gasteiger partial charge on any atom is 0.106 e. The van der Waals surface area contributed by atoms with Crippen molar-refractivity contribution in [1.29, 1.82) is 0 Å². The monoisotopic (exact) mass is 286 g/mol. The molecule has 14 heavy (non-hydrogen) atoms. The zero-order valence-corrected chi connectivity index (χ0v) is 9.87. The summed E-state index contributed by atoms with van der Waals surface area (Å²) in [6, 6.07) is 0. The van der Waals surface area contributed by atoms with Gasteiger partial charge in [-0.15, -0.1) is 0 Å². The Bertz CT molecular complexity index is 119. The van der Waals surface area contributed by atoms with Crippen molar-refractivity contribution in [1.82, 2.24) is 0 Å². The summed E-state index contributed by atoms with van der Waals surface area (Å²) in [5.41, 5.74) is 0. The SMILES string of the molecule is C1=CCCCC=C1.C=O.C=O.C=O.[Ru]. The van der Waals surface area contributed by atoms with Crippen molar-refractivity contribution >= 4 is 20.4 Å². The van der Waals surface area contributed by atoms with Crippen LogP contribution in [0, 0.1) is 0 Å². The Morgan fingerprint density at radius 3 is 1.29 bits per heavy atom. The van der Waals surface area contributed by atoms with Gasteiger partial charge in [-0.2, -0.15) is 0 Å². The number of hydrogen-bond donors (Lipinski definition) is 0. The molecule has 82 valence electrons. The molecule has 3 nitrogen and oxygen atoms in total. The predicted octanol–water partition coefficient (Wildman–Crippen LogP) is 1.73. The topological polar surface area (TPSA) is 51.2 Å². The fourth-order valence-electron chi connectivity index (χ4n) is 0.703. The van der Waals surface area contributed by atoms with Gasteiger partial charge in [-0.25, -0.2) is 0 Å². The second-order valence-corrected chi connectivity index (χ2v) is 1.79. The standard InChI is InChI=1S/C7H10.3CH2O.Ru/c1-2-4-6-7-5-3-1;3*1-2;/h1-4H,5-7H2;3*1H2;. The normalized spacial score (nSPS) is 10.6. The zero-order valence-electron chi connectivity index (χ0n) is 8.13. The van der Waals surface area contributed by atoms with E-state index in [1.165, 1.54) is 19.3 Å². The number of carbonyl (C=O) groups excluding carboxylic acids is 3. The second-order valence-electron chi connectivity index (χ2n) is 1.79. The third-order valence-corrected chi connectivity index (χ3v) is 1.12. The molecule has 0 radical (unpaired) electrons. The molecule has 0 N–H and O–H groups in total. The summed E-state index contributed by atoms with van der Waals surface area (Å²) in [5, 5.41) is 0. The molecule has 0 aromatic heterocycles. The maximum absolute atomic E-state index is 8.00. The minimum Gasteiger partial charge on any atom is -0.307 e. The van der Waals surface area contributed by atoms with E-state index in [4.69, 9.17) is 14.4 Å². The molecule has 0 atom stereocenters. The maximum atomic E-state index is 8.00. The minimum atomic E-state index is 0. The number of allylic oxidation sites excluding steroid dienone is 4. The molecule has 0 saturated carbocycles. The van der Waals surface area contributed by atoms with Gasteiger partial charge in [-0.1, -0.05) is 24.3 Å². The van der Waals surface area contributed by atoms with Gasteiger partial charge in [0.15, 0.2) is 0 Å². The van der Waals surface area contributed by atoms with Gasteiger partial charge in [-0.3, -0.25) is 0 Å². The third-order valence-electron chi connectivity index (χ3n) is 1.12. The van der Waals surface area contributed by atoms with Crippen molar-refractivity contribution in [3.8, 4) is 0 Å². The molecule has 0 aliphatic heterocycles. The molecule has 0 spiro atoms. The van der Waals surface area contributed by atoms with Crippen LogP contribution in [0.1, 0.15) is 19.3 Å². The van der Waals surface area contributed by atoms with Gasteiger partial charge in [0.05, 0.1) is 0 Å². The van der Waals surface area contributed by atoms with Gasteiger partial charge in [0.2, 0.25) is 0 Å². The van der Waals surface area contributed by atoms with Crippen LogP contribution in [0.3, 0.4) is 0 Å². The van der Waals surface area contributed by atoms with Crippen LogP contribution in [0.5, 0.6) is 0 Å². The largest absolute Gasteiger partial charge is 0.307 e. The van der Waals surface area contributed by atoms with E-state index in [1.54, 1.807) is 0 Å². The van der Waals surface area contributed by atoms with E-state index < -0.39 is 0 Å². The Kier molecular flexibility index (Phi) is 66.2. The van der Waals surface area contributed by atoms with Crippen LogP contribution < -0.4 is 0 Å². The summed E-state index contributed by atoms with van der Waals surface area (Å²) in [6.07, 6.45) is 12.5. The molecule has 0 fully saturated rings. The van der Waals surface area contributed by atoms with Crippen molar-refractivity contribution in [3.63, 3.8) is 0 Å². The van der Waals surface area contributed by atoms with Crippen LogP contribution in [-0.2, 0) is 33.9 Å². The molecular formula is C10H16O3Ru. The molecule has 1 aliphatic rings. The summed E-state index contributed by atoms with van der Waals surface area (Å²) in [6.45, 7) is 6.00. The van der Waals surface area contributed by atoms with Crippen molar-refractivity contribution in [2.75, 3.05) is 0 Å². The Hall–Kier alpha value is -0.887. The quantitative estimate of drug-likeness (QED) is 0.637. The molecule has 0 unspecified atom stereocenters. The molecule has 0 amide bonds. The molecule has 0 saturated heterocycles. The summed E-state index contributed by atoms with van der Waals surface area (Å²) in [5.74, 6) is 0.